The normalized spacial score (nSPS) is 26.5. The average Bonchev–Trinajstić information content (AvgIpc) is 3.43. The molecule has 8 heteroatoms. The van der Waals surface area contributed by atoms with Crippen molar-refractivity contribution in [3.8, 4) is 11.5 Å². The third-order valence-corrected chi connectivity index (χ3v) is 6.88. The molecule has 4 heterocycles. The predicted octanol–water partition coefficient (Wildman–Crippen LogP) is 1.51. The van der Waals surface area contributed by atoms with Crippen LogP contribution in [0, 0.1) is 11.8 Å². The van der Waals surface area contributed by atoms with E-state index in [0.717, 1.165) is 36.6 Å². The van der Waals surface area contributed by atoms with E-state index in [0.29, 0.717) is 23.9 Å². The van der Waals surface area contributed by atoms with Gasteiger partial charge in [0.05, 0.1) is 17.4 Å². The summed E-state index contributed by atoms with van der Waals surface area (Å²) in [5.41, 5.74) is 2.30. The van der Waals surface area contributed by atoms with Crippen LogP contribution >= 0.6 is 0 Å². The number of hydrogen-bond donors (Lipinski definition) is 1. The highest BCUT2D eigenvalue weighted by atomic mass is 16.3. The number of hydrogen-bond acceptors (Lipinski definition) is 5. The fourth-order valence-corrected chi connectivity index (χ4v) is 5.20. The van der Waals surface area contributed by atoms with Crippen molar-refractivity contribution in [2.45, 2.75) is 25.0 Å². The van der Waals surface area contributed by atoms with Crippen LogP contribution in [0.3, 0.4) is 0 Å². The van der Waals surface area contributed by atoms with Gasteiger partial charge in [-0.3, -0.25) is 9.20 Å². The zero-order valence-corrected chi connectivity index (χ0v) is 17.6. The summed E-state index contributed by atoms with van der Waals surface area (Å²) in [4.78, 5) is 17.4. The van der Waals surface area contributed by atoms with E-state index >= 15 is 0 Å². The molecule has 3 aromatic heterocycles. The fourth-order valence-electron chi connectivity index (χ4n) is 5.20. The molecule has 3 aromatic rings. The first-order chi connectivity index (χ1) is 14.4. The summed E-state index contributed by atoms with van der Waals surface area (Å²) in [6.07, 6.45) is 5.19. The SMILES string of the molecule is CN(C)[C@@H]1C[C@@H]2CN(C(=O)c3ccc4nnc(-c5cccn5C)n4c3)C[C@@H]2C[C@H]1O. The number of aliphatic hydroxyl groups is 1. The van der Waals surface area contributed by atoms with Gasteiger partial charge < -0.3 is 19.5 Å². The van der Waals surface area contributed by atoms with Crippen LogP contribution in [0.1, 0.15) is 23.2 Å². The van der Waals surface area contributed by atoms with E-state index < -0.39 is 0 Å². The molecule has 30 heavy (non-hydrogen) atoms. The smallest absolute Gasteiger partial charge is 0.255 e. The van der Waals surface area contributed by atoms with Crippen LogP contribution in [0.4, 0.5) is 0 Å². The number of likely N-dealkylation sites (N-methyl/N-ethyl adjacent to an activating group) is 1. The predicted molar refractivity (Wildman–Crippen MR) is 113 cm³/mol. The highest BCUT2D eigenvalue weighted by molar-refractivity contribution is 5.94. The molecule has 1 saturated carbocycles. The quantitative estimate of drug-likeness (QED) is 0.711. The van der Waals surface area contributed by atoms with Crippen molar-refractivity contribution in [1.82, 2.24) is 29.0 Å². The van der Waals surface area contributed by atoms with E-state index in [1.165, 1.54) is 0 Å². The molecule has 4 atom stereocenters. The van der Waals surface area contributed by atoms with Gasteiger partial charge in [0, 0.05) is 38.6 Å². The Morgan fingerprint density at radius 1 is 1.13 bits per heavy atom. The lowest BCUT2D eigenvalue weighted by Crippen LogP contribution is -2.46. The van der Waals surface area contributed by atoms with Crippen LogP contribution in [0.25, 0.3) is 17.2 Å². The third kappa shape index (κ3) is 3.11. The van der Waals surface area contributed by atoms with Gasteiger partial charge in [0.25, 0.3) is 5.91 Å². The minimum Gasteiger partial charge on any atom is -0.391 e. The molecule has 8 nitrogen and oxygen atoms in total. The molecule has 2 fully saturated rings. The van der Waals surface area contributed by atoms with Crippen LogP contribution in [-0.4, -0.2) is 79.3 Å². The number of rotatable bonds is 3. The maximum absolute atomic E-state index is 13.3. The second kappa shape index (κ2) is 7.21. The van der Waals surface area contributed by atoms with E-state index in [9.17, 15) is 9.90 Å². The number of likely N-dealkylation sites (tertiary alicyclic amines) is 1. The first-order valence-electron chi connectivity index (χ1n) is 10.5. The lowest BCUT2D eigenvalue weighted by atomic mass is 9.77. The number of amides is 1. The highest BCUT2D eigenvalue weighted by Gasteiger charge is 2.43. The lowest BCUT2D eigenvalue weighted by molar-refractivity contribution is 0.00940. The van der Waals surface area contributed by atoms with Crippen LogP contribution in [0.2, 0.25) is 0 Å². The van der Waals surface area contributed by atoms with E-state index in [4.69, 9.17) is 0 Å². The number of aromatic nitrogens is 4. The molecule has 1 aliphatic carbocycles. The van der Waals surface area contributed by atoms with E-state index in [2.05, 4.69) is 15.1 Å². The Bertz CT molecular complexity index is 1090. The average molecular weight is 409 g/mol. The van der Waals surface area contributed by atoms with Gasteiger partial charge in [-0.25, -0.2) is 0 Å². The van der Waals surface area contributed by atoms with Crippen molar-refractivity contribution >= 4 is 11.6 Å². The number of nitrogens with zero attached hydrogens (tertiary/aromatic N) is 6. The van der Waals surface area contributed by atoms with Gasteiger partial charge in [-0.2, -0.15) is 0 Å². The maximum atomic E-state index is 13.3. The Morgan fingerprint density at radius 2 is 1.90 bits per heavy atom. The largest absolute Gasteiger partial charge is 0.391 e. The number of carbonyl (C=O) groups is 1. The van der Waals surface area contributed by atoms with Gasteiger partial charge in [0.15, 0.2) is 11.5 Å². The van der Waals surface area contributed by atoms with E-state index in [1.54, 1.807) is 0 Å². The second-order valence-corrected chi connectivity index (χ2v) is 8.97. The zero-order chi connectivity index (χ0) is 21.0. The molecule has 0 spiro atoms. The van der Waals surface area contributed by atoms with Crippen LogP contribution in [0.5, 0.6) is 0 Å². The summed E-state index contributed by atoms with van der Waals surface area (Å²) < 4.78 is 3.88. The molecule has 0 unspecified atom stereocenters. The molecule has 1 amide bonds. The number of carbonyl (C=O) groups excluding carboxylic acids is 1. The summed E-state index contributed by atoms with van der Waals surface area (Å²) >= 11 is 0. The monoisotopic (exact) mass is 408 g/mol. The molecule has 2 aliphatic rings. The minimum absolute atomic E-state index is 0.0359. The van der Waals surface area contributed by atoms with E-state index in [-0.39, 0.29) is 18.1 Å². The van der Waals surface area contributed by atoms with Crippen molar-refractivity contribution in [2.75, 3.05) is 27.2 Å². The van der Waals surface area contributed by atoms with Crippen molar-refractivity contribution in [3.63, 3.8) is 0 Å². The Morgan fingerprint density at radius 3 is 2.60 bits per heavy atom. The number of pyridine rings is 1. The van der Waals surface area contributed by atoms with Gasteiger partial charge in [0.2, 0.25) is 0 Å². The number of aryl methyl sites for hydroxylation is 1. The Kier molecular flexibility index (Phi) is 4.63. The first kappa shape index (κ1) is 19.3. The van der Waals surface area contributed by atoms with Crippen LogP contribution in [0.15, 0.2) is 36.7 Å². The van der Waals surface area contributed by atoms with Gasteiger partial charge in [-0.1, -0.05) is 0 Å². The lowest BCUT2D eigenvalue weighted by Gasteiger charge is -2.38. The van der Waals surface area contributed by atoms with Crippen LogP contribution in [-0.2, 0) is 7.05 Å². The molecule has 1 aliphatic heterocycles. The molecule has 0 aromatic carbocycles. The molecule has 1 N–H and O–H groups in total. The van der Waals surface area contributed by atoms with Gasteiger partial charge in [0.1, 0.15) is 0 Å². The highest BCUT2D eigenvalue weighted by Crippen LogP contribution is 2.38. The van der Waals surface area contributed by atoms with Gasteiger partial charge in [-0.05, 0) is 63.0 Å². The number of aliphatic hydroxyl groups excluding tert-OH is 1. The Hall–Kier alpha value is -2.71. The molecular formula is C22H28N6O2. The summed E-state index contributed by atoms with van der Waals surface area (Å²) in [5, 5.41) is 19.1. The Balaban J connectivity index is 1.40. The maximum Gasteiger partial charge on any atom is 0.255 e. The molecule has 158 valence electrons. The summed E-state index contributed by atoms with van der Waals surface area (Å²) in [6.45, 7) is 1.47. The van der Waals surface area contributed by atoms with Crippen molar-refractivity contribution in [3.05, 3.63) is 42.2 Å². The molecular weight excluding hydrogens is 380 g/mol. The molecule has 0 bridgehead atoms. The van der Waals surface area contributed by atoms with Crippen molar-refractivity contribution < 1.29 is 9.90 Å². The minimum atomic E-state index is -0.322. The zero-order valence-electron chi connectivity index (χ0n) is 17.6. The van der Waals surface area contributed by atoms with E-state index in [1.807, 2.05) is 71.7 Å². The molecule has 5 rings (SSSR count). The second-order valence-electron chi connectivity index (χ2n) is 8.97. The van der Waals surface area contributed by atoms with Crippen molar-refractivity contribution in [1.29, 1.82) is 0 Å². The third-order valence-electron chi connectivity index (χ3n) is 6.88. The Labute approximate surface area is 175 Å². The topological polar surface area (TPSA) is 78.9 Å². The standard InChI is InChI=1S/C22H28N6O2/c1-25(2)18-9-15-11-27(12-16(15)10-19(18)29)22(30)14-6-7-20-23-24-21(28(20)13-14)17-5-4-8-26(17)3/h4-8,13,15-16,18-19,29H,9-12H2,1-3H3/t15-,16+,18-,19-/m1/s1. The molecule has 1 saturated heterocycles. The summed E-state index contributed by atoms with van der Waals surface area (Å²) in [6, 6.07) is 7.81. The first-order valence-corrected chi connectivity index (χ1v) is 10.5. The van der Waals surface area contributed by atoms with Crippen LogP contribution < -0.4 is 0 Å². The fraction of sp³-hybridized carbons (Fsp3) is 0.500. The summed E-state index contributed by atoms with van der Waals surface area (Å²) in [7, 11) is 6.00. The van der Waals surface area contributed by atoms with Gasteiger partial charge in [-0.15, -0.1) is 10.2 Å². The molecule has 0 radical (unpaired) electrons. The number of fused-ring (bicyclic) bond motifs is 2. The summed E-state index contributed by atoms with van der Waals surface area (Å²) in [5.74, 6) is 1.58. The van der Waals surface area contributed by atoms with Gasteiger partial charge >= 0.3 is 0 Å². The van der Waals surface area contributed by atoms with Crippen molar-refractivity contribution in [2.24, 2.45) is 18.9 Å².